The zero-order valence-corrected chi connectivity index (χ0v) is 11.3. The minimum absolute atomic E-state index is 0.631. The van der Waals surface area contributed by atoms with Gasteiger partial charge >= 0.3 is 0 Å². The molecule has 1 rings (SSSR count). The van der Waals surface area contributed by atoms with Crippen LogP contribution in [0, 0.1) is 0 Å². The fraction of sp³-hybridized carbons (Fsp3) is 0.417. The van der Waals surface area contributed by atoms with E-state index < -0.39 is 5.97 Å². The lowest BCUT2D eigenvalue weighted by Crippen LogP contribution is -2.27. The van der Waals surface area contributed by atoms with Gasteiger partial charge in [-0.05, 0) is 12.1 Å². The van der Waals surface area contributed by atoms with Crippen LogP contribution < -0.4 is 4.90 Å². The first-order chi connectivity index (χ1) is 8.11. The standard InChI is InChI=1S/C10H13Cl2N.C2H4O2/c11-6-8-13(9-7-12)10-4-2-1-3-5-10;1-2(3)4/h1-5H,6-9H2;1H3,(H,3,4). The quantitative estimate of drug-likeness (QED) is 0.841. The van der Waals surface area contributed by atoms with Gasteiger partial charge in [0.15, 0.2) is 0 Å². The largest absolute Gasteiger partial charge is 0.481 e. The summed E-state index contributed by atoms with van der Waals surface area (Å²) in [5, 5.41) is 7.42. The molecule has 0 saturated heterocycles. The molecule has 0 heterocycles. The molecule has 0 spiro atoms. The smallest absolute Gasteiger partial charge is 0.300 e. The van der Waals surface area contributed by atoms with Crippen molar-refractivity contribution in [1.82, 2.24) is 0 Å². The first kappa shape index (κ1) is 16.1. The van der Waals surface area contributed by atoms with Crippen LogP contribution in [0.25, 0.3) is 0 Å². The number of carboxylic acid groups (broad SMARTS) is 1. The molecule has 0 aliphatic heterocycles. The van der Waals surface area contributed by atoms with E-state index in [1.54, 1.807) is 0 Å². The molecule has 1 aromatic carbocycles. The van der Waals surface area contributed by atoms with Gasteiger partial charge in [-0.2, -0.15) is 0 Å². The van der Waals surface area contributed by atoms with Crippen molar-refractivity contribution in [2.24, 2.45) is 0 Å². The van der Waals surface area contributed by atoms with Crippen LogP contribution in [-0.2, 0) is 4.79 Å². The zero-order valence-electron chi connectivity index (χ0n) is 9.77. The molecule has 3 nitrogen and oxygen atoms in total. The molecule has 0 unspecified atom stereocenters. The maximum atomic E-state index is 9.00. The maximum absolute atomic E-state index is 9.00. The molecule has 0 saturated carbocycles. The summed E-state index contributed by atoms with van der Waals surface area (Å²) >= 11 is 11.4. The van der Waals surface area contributed by atoms with Crippen molar-refractivity contribution in [3.63, 3.8) is 0 Å². The number of hydrogen-bond donors (Lipinski definition) is 1. The molecule has 0 aliphatic carbocycles. The van der Waals surface area contributed by atoms with Crippen LogP contribution in [0.2, 0.25) is 0 Å². The Morgan fingerprint density at radius 3 is 1.94 bits per heavy atom. The third-order valence-electron chi connectivity index (χ3n) is 1.83. The molecule has 1 N–H and O–H groups in total. The molecule has 0 atom stereocenters. The van der Waals surface area contributed by atoms with Crippen molar-refractivity contribution < 1.29 is 9.90 Å². The van der Waals surface area contributed by atoms with E-state index in [2.05, 4.69) is 17.0 Å². The summed E-state index contributed by atoms with van der Waals surface area (Å²) in [6.07, 6.45) is 0. The first-order valence-corrected chi connectivity index (χ1v) is 6.30. The number of nitrogens with zero attached hydrogens (tertiary/aromatic N) is 1. The number of rotatable bonds is 5. The van der Waals surface area contributed by atoms with Crippen LogP contribution in [0.3, 0.4) is 0 Å². The van der Waals surface area contributed by atoms with Gasteiger partial charge in [0, 0.05) is 37.5 Å². The molecule has 0 fully saturated rings. The zero-order chi connectivity index (χ0) is 13.1. The Kier molecular flexibility index (Phi) is 9.68. The average molecular weight is 278 g/mol. The number of benzene rings is 1. The van der Waals surface area contributed by atoms with Crippen molar-refractivity contribution in [3.8, 4) is 0 Å². The second-order valence-electron chi connectivity index (χ2n) is 3.22. The average Bonchev–Trinajstić information content (AvgIpc) is 2.29. The van der Waals surface area contributed by atoms with Gasteiger partial charge < -0.3 is 10.0 Å². The fourth-order valence-electron chi connectivity index (χ4n) is 1.21. The summed E-state index contributed by atoms with van der Waals surface area (Å²) in [5.74, 6) is 0.428. The molecular weight excluding hydrogens is 261 g/mol. The van der Waals surface area contributed by atoms with Gasteiger partial charge in [0.2, 0.25) is 0 Å². The monoisotopic (exact) mass is 277 g/mol. The summed E-state index contributed by atoms with van der Waals surface area (Å²) < 4.78 is 0. The van der Waals surface area contributed by atoms with Gasteiger partial charge in [-0.25, -0.2) is 0 Å². The molecular formula is C12H17Cl2NO2. The van der Waals surface area contributed by atoms with E-state index in [1.165, 1.54) is 5.69 Å². The van der Waals surface area contributed by atoms with Crippen LogP contribution in [0.4, 0.5) is 5.69 Å². The number of para-hydroxylation sites is 1. The van der Waals surface area contributed by atoms with Gasteiger partial charge in [0.05, 0.1) is 0 Å². The van der Waals surface area contributed by atoms with E-state index in [0.29, 0.717) is 11.8 Å². The molecule has 1 aromatic rings. The van der Waals surface area contributed by atoms with Crippen LogP contribution in [0.15, 0.2) is 30.3 Å². The Hall–Kier alpha value is -0.930. The highest BCUT2D eigenvalue weighted by Gasteiger charge is 2.02. The van der Waals surface area contributed by atoms with Gasteiger partial charge in [-0.1, -0.05) is 18.2 Å². The van der Waals surface area contributed by atoms with E-state index in [0.717, 1.165) is 20.0 Å². The van der Waals surface area contributed by atoms with Gasteiger partial charge in [0.25, 0.3) is 5.97 Å². The Balaban J connectivity index is 0.000000557. The normalized spacial score (nSPS) is 9.12. The molecule has 0 radical (unpaired) electrons. The summed E-state index contributed by atoms with van der Waals surface area (Å²) in [6, 6.07) is 10.2. The van der Waals surface area contributed by atoms with E-state index >= 15 is 0 Å². The third kappa shape index (κ3) is 8.83. The number of carbonyl (C=O) groups is 1. The van der Waals surface area contributed by atoms with Gasteiger partial charge in [-0.15, -0.1) is 23.2 Å². The fourth-order valence-corrected chi connectivity index (χ4v) is 1.62. The van der Waals surface area contributed by atoms with Crippen molar-refractivity contribution in [3.05, 3.63) is 30.3 Å². The van der Waals surface area contributed by atoms with Crippen molar-refractivity contribution in [1.29, 1.82) is 0 Å². The molecule has 0 bridgehead atoms. The van der Waals surface area contributed by atoms with Crippen molar-refractivity contribution in [2.75, 3.05) is 29.7 Å². The predicted octanol–water partition coefficient (Wildman–Crippen LogP) is 3.06. The lowest BCUT2D eigenvalue weighted by molar-refractivity contribution is -0.134. The number of anilines is 1. The van der Waals surface area contributed by atoms with E-state index in [9.17, 15) is 0 Å². The minimum atomic E-state index is -0.833. The Labute approximate surface area is 112 Å². The highest BCUT2D eigenvalue weighted by atomic mass is 35.5. The van der Waals surface area contributed by atoms with Crippen molar-refractivity contribution in [2.45, 2.75) is 6.92 Å². The van der Waals surface area contributed by atoms with Crippen LogP contribution >= 0.6 is 23.2 Å². The Bertz CT molecular complexity index is 297. The number of alkyl halides is 2. The van der Waals surface area contributed by atoms with E-state index in [1.807, 2.05) is 18.2 Å². The molecule has 0 amide bonds. The Morgan fingerprint density at radius 2 is 1.59 bits per heavy atom. The van der Waals surface area contributed by atoms with Crippen LogP contribution in [0.5, 0.6) is 0 Å². The van der Waals surface area contributed by atoms with E-state index in [-0.39, 0.29) is 0 Å². The molecule has 96 valence electrons. The molecule has 0 aromatic heterocycles. The first-order valence-electron chi connectivity index (χ1n) is 5.23. The van der Waals surface area contributed by atoms with Crippen molar-refractivity contribution >= 4 is 34.9 Å². The lowest BCUT2D eigenvalue weighted by atomic mass is 10.3. The SMILES string of the molecule is CC(=O)O.ClCCN(CCCl)c1ccccc1. The molecule has 0 aliphatic rings. The number of aliphatic carboxylic acids is 1. The van der Waals surface area contributed by atoms with Gasteiger partial charge in [0.1, 0.15) is 0 Å². The summed E-state index contributed by atoms with van der Waals surface area (Å²) in [4.78, 5) is 11.2. The second-order valence-corrected chi connectivity index (χ2v) is 3.98. The van der Waals surface area contributed by atoms with Crippen LogP contribution in [-0.4, -0.2) is 35.9 Å². The highest BCUT2D eigenvalue weighted by molar-refractivity contribution is 6.18. The summed E-state index contributed by atoms with van der Waals surface area (Å²) in [6.45, 7) is 2.77. The Morgan fingerprint density at radius 1 is 1.18 bits per heavy atom. The van der Waals surface area contributed by atoms with Crippen LogP contribution in [0.1, 0.15) is 6.92 Å². The number of halogens is 2. The predicted molar refractivity (Wildman–Crippen MR) is 73.4 cm³/mol. The molecule has 5 heteroatoms. The third-order valence-corrected chi connectivity index (χ3v) is 2.17. The van der Waals surface area contributed by atoms with E-state index in [4.69, 9.17) is 33.1 Å². The second kappa shape index (κ2) is 10.2. The minimum Gasteiger partial charge on any atom is -0.481 e. The highest BCUT2D eigenvalue weighted by Crippen LogP contribution is 2.12. The summed E-state index contributed by atoms with van der Waals surface area (Å²) in [5.41, 5.74) is 1.18. The number of carboxylic acids is 1. The topological polar surface area (TPSA) is 40.5 Å². The van der Waals surface area contributed by atoms with Gasteiger partial charge in [-0.3, -0.25) is 4.79 Å². The molecule has 17 heavy (non-hydrogen) atoms. The lowest BCUT2D eigenvalue weighted by Gasteiger charge is -2.22. The summed E-state index contributed by atoms with van der Waals surface area (Å²) in [7, 11) is 0. The maximum Gasteiger partial charge on any atom is 0.300 e. The number of hydrogen-bond acceptors (Lipinski definition) is 2.